The van der Waals surface area contributed by atoms with Gasteiger partial charge in [-0.05, 0) is 18.4 Å². The summed E-state index contributed by atoms with van der Waals surface area (Å²) in [5.74, 6) is 0.120. The number of hydrogen-bond acceptors (Lipinski definition) is 4. The molecule has 5 heteroatoms. The van der Waals surface area contributed by atoms with Crippen LogP contribution in [-0.2, 0) is 11.3 Å². The Kier molecular flexibility index (Phi) is 4.96. The molecule has 0 saturated carbocycles. The second-order valence-electron chi connectivity index (χ2n) is 5.33. The summed E-state index contributed by atoms with van der Waals surface area (Å²) in [7, 11) is 0. The molecule has 1 saturated heterocycles. The lowest BCUT2D eigenvalue weighted by atomic mass is 10.0. The van der Waals surface area contributed by atoms with Gasteiger partial charge in [-0.3, -0.25) is 9.69 Å². The second-order valence-corrected chi connectivity index (χ2v) is 6.36. The summed E-state index contributed by atoms with van der Waals surface area (Å²) in [5.41, 5.74) is 5.80. The van der Waals surface area contributed by atoms with Crippen LogP contribution in [0.4, 0.5) is 0 Å². The number of piperazine rings is 1. The van der Waals surface area contributed by atoms with Crippen molar-refractivity contribution >= 4 is 17.2 Å². The Morgan fingerprint density at radius 3 is 2.58 bits per heavy atom. The largest absolute Gasteiger partial charge is 0.340 e. The predicted octanol–water partition coefficient (Wildman–Crippen LogP) is 1.38. The van der Waals surface area contributed by atoms with Crippen LogP contribution in [0.1, 0.15) is 18.7 Å². The highest BCUT2D eigenvalue weighted by Crippen LogP contribution is 2.15. The van der Waals surface area contributed by atoms with Crippen LogP contribution in [0, 0.1) is 5.92 Å². The molecule has 2 atom stereocenters. The van der Waals surface area contributed by atoms with Gasteiger partial charge in [-0.1, -0.05) is 13.0 Å². The topological polar surface area (TPSA) is 49.6 Å². The molecule has 1 aromatic rings. The average molecular weight is 281 g/mol. The standard InChI is InChI=1S/C14H23N3OS/c1-11(12(2)15)14(18)17-7-5-16(6-8-17)10-13-4-3-9-19-13/h3-4,9,11-12H,5-8,10,15H2,1-2H3. The van der Waals surface area contributed by atoms with Gasteiger partial charge in [-0.25, -0.2) is 0 Å². The molecule has 0 aliphatic carbocycles. The molecule has 2 rings (SSSR count). The summed E-state index contributed by atoms with van der Waals surface area (Å²) in [6.07, 6.45) is 0. The summed E-state index contributed by atoms with van der Waals surface area (Å²) in [6, 6.07) is 4.18. The second kappa shape index (κ2) is 6.50. The quantitative estimate of drug-likeness (QED) is 0.907. The van der Waals surface area contributed by atoms with E-state index in [-0.39, 0.29) is 17.9 Å². The van der Waals surface area contributed by atoms with Gasteiger partial charge in [0, 0.05) is 43.6 Å². The molecule has 1 fully saturated rings. The van der Waals surface area contributed by atoms with Gasteiger partial charge < -0.3 is 10.6 Å². The van der Waals surface area contributed by atoms with Crippen LogP contribution in [0.15, 0.2) is 17.5 Å². The number of carbonyl (C=O) groups excluding carboxylic acids is 1. The SMILES string of the molecule is CC(N)C(C)C(=O)N1CCN(Cc2cccs2)CC1. The van der Waals surface area contributed by atoms with E-state index in [4.69, 9.17) is 5.73 Å². The number of carbonyl (C=O) groups is 1. The van der Waals surface area contributed by atoms with Crippen molar-refractivity contribution in [1.82, 2.24) is 9.80 Å². The maximum atomic E-state index is 12.2. The van der Waals surface area contributed by atoms with E-state index in [9.17, 15) is 4.79 Å². The number of nitrogens with two attached hydrogens (primary N) is 1. The van der Waals surface area contributed by atoms with Gasteiger partial charge in [0.15, 0.2) is 0 Å². The third-order valence-corrected chi connectivity index (χ3v) is 4.68. The van der Waals surface area contributed by atoms with Crippen LogP contribution in [-0.4, -0.2) is 47.9 Å². The molecule has 1 aromatic heterocycles. The molecule has 2 unspecified atom stereocenters. The molecule has 0 aromatic carbocycles. The molecule has 0 radical (unpaired) electrons. The number of thiophene rings is 1. The third-order valence-electron chi connectivity index (χ3n) is 3.82. The summed E-state index contributed by atoms with van der Waals surface area (Å²) in [5, 5.41) is 2.11. The van der Waals surface area contributed by atoms with Crippen molar-refractivity contribution < 1.29 is 4.79 Å². The maximum absolute atomic E-state index is 12.2. The Hall–Kier alpha value is -0.910. The number of amides is 1. The van der Waals surface area contributed by atoms with Crippen molar-refractivity contribution in [2.45, 2.75) is 26.4 Å². The van der Waals surface area contributed by atoms with Crippen molar-refractivity contribution in [2.24, 2.45) is 11.7 Å². The first-order valence-corrected chi connectivity index (χ1v) is 7.75. The van der Waals surface area contributed by atoms with Gasteiger partial charge in [-0.2, -0.15) is 0 Å². The van der Waals surface area contributed by atoms with Crippen LogP contribution in [0.5, 0.6) is 0 Å². The molecular formula is C14H23N3OS. The minimum Gasteiger partial charge on any atom is -0.340 e. The molecule has 2 N–H and O–H groups in total. The van der Waals surface area contributed by atoms with Crippen molar-refractivity contribution in [3.8, 4) is 0 Å². The highest BCUT2D eigenvalue weighted by atomic mass is 32.1. The lowest BCUT2D eigenvalue weighted by molar-refractivity contribution is -0.137. The molecule has 0 spiro atoms. The molecule has 19 heavy (non-hydrogen) atoms. The zero-order valence-electron chi connectivity index (χ0n) is 11.7. The van der Waals surface area contributed by atoms with E-state index in [0.29, 0.717) is 0 Å². The van der Waals surface area contributed by atoms with E-state index in [1.54, 1.807) is 11.3 Å². The zero-order valence-corrected chi connectivity index (χ0v) is 12.5. The minimum atomic E-state index is -0.0798. The zero-order chi connectivity index (χ0) is 13.8. The molecule has 106 valence electrons. The van der Waals surface area contributed by atoms with Gasteiger partial charge in [0.1, 0.15) is 0 Å². The van der Waals surface area contributed by atoms with Crippen molar-refractivity contribution in [2.75, 3.05) is 26.2 Å². The van der Waals surface area contributed by atoms with Crippen LogP contribution >= 0.6 is 11.3 Å². The van der Waals surface area contributed by atoms with Gasteiger partial charge in [0.25, 0.3) is 0 Å². The van der Waals surface area contributed by atoms with Crippen LogP contribution in [0.3, 0.4) is 0 Å². The average Bonchev–Trinajstić information content (AvgIpc) is 2.90. The summed E-state index contributed by atoms with van der Waals surface area (Å²) in [4.78, 5) is 18.0. The van der Waals surface area contributed by atoms with E-state index in [1.807, 2.05) is 18.7 Å². The molecule has 1 amide bonds. The number of nitrogens with zero attached hydrogens (tertiary/aromatic N) is 2. The highest BCUT2D eigenvalue weighted by Gasteiger charge is 2.26. The van der Waals surface area contributed by atoms with Gasteiger partial charge in [0.2, 0.25) is 5.91 Å². The third kappa shape index (κ3) is 3.78. The Morgan fingerprint density at radius 1 is 1.37 bits per heavy atom. The smallest absolute Gasteiger partial charge is 0.227 e. The van der Waals surface area contributed by atoms with E-state index < -0.39 is 0 Å². The first-order valence-electron chi connectivity index (χ1n) is 6.87. The fraction of sp³-hybridized carbons (Fsp3) is 0.643. The van der Waals surface area contributed by atoms with E-state index in [2.05, 4.69) is 22.4 Å². The first kappa shape index (κ1) is 14.5. The lowest BCUT2D eigenvalue weighted by Gasteiger charge is -2.36. The van der Waals surface area contributed by atoms with Gasteiger partial charge in [-0.15, -0.1) is 11.3 Å². The first-order chi connectivity index (χ1) is 9.08. The highest BCUT2D eigenvalue weighted by molar-refractivity contribution is 7.09. The van der Waals surface area contributed by atoms with Gasteiger partial charge in [0.05, 0.1) is 5.92 Å². The molecule has 2 heterocycles. The van der Waals surface area contributed by atoms with E-state index in [1.165, 1.54) is 4.88 Å². The summed E-state index contributed by atoms with van der Waals surface area (Å²) >= 11 is 1.79. The van der Waals surface area contributed by atoms with E-state index in [0.717, 1.165) is 32.7 Å². The Labute approximate surface area is 119 Å². The molecule has 4 nitrogen and oxygen atoms in total. The predicted molar refractivity (Wildman–Crippen MR) is 79.0 cm³/mol. The molecule has 0 bridgehead atoms. The Balaban J connectivity index is 1.80. The van der Waals surface area contributed by atoms with Crippen LogP contribution in [0.2, 0.25) is 0 Å². The van der Waals surface area contributed by atoms with Crippen molar-refractivity contribution in [1.29, 1.82) is 0 Å². The van der Waals surface area contributed by atoms with Crippen LogP contribution < -0.4 is 5.73 Å². The summed E-state index contributed by atoms with van der Waals surface area (Å²) in [6.45, 7) is 8.37. The summed E-state index contributed by atoms with van der Waals surface area (Å²) < 4.78 is 0. The minimum absolute atomic E-state index is 0.0725. The Morgan fingerprint density at radius 2 is 2.05 bits per heavy atom. The Bertz CT molecular complexity index is 397. The van der Waals surface area contributed by atoms with Crippen LogP contribution in [0.25, 0.3) is 0 Å². The molecule has 1 aliphatic heterocycles. The van der Waals surface area contributed by atoms with Crippen molar-refractivity contribution in [3.63, 3.8) is 0 Å². The normalized spacial score (nSPS) is 20.3. The van der Waals surface area contributed by atoms with E-state index >= 15 is 0 Å². The fourth-order valence-corrected chi connectivity index (χ4v) is 3.01. The number of rotatable bonds is 4. The molecular weight excluding hydrogens is 258 g/mol. The fourth-order valence-electron chi connectivity index (χ4n) is 2.26. The maximum Gasteiger partial charge on any atom is 0.227 e. The lowest BCUT2D eigenvalue weighted by Crippen LogP contribution is -2.51. The molecule has 1 aliphatic rings. The van der Waals surface area contributed by atoms with Crippen molar-refractivity contribution in [3.05, 3.63) is 22.4 Å². The van der Waals surface area contributed by atoms with Gasteiger partial charge >= 0.3 is 0 Å². The monoisotopic (exact) mass is 281 g/mol. The number of hydrogen-bond donors (Lipinski definition) is 1.